The Bertz CT molecular complexity index is 893. The highest BCUT2D eigenvalue weighted by Gasteiger charge is 2.28. The third kappa shape index (κ3) is 2.62. The van der Waals surface area contributed by atoms with Crippen molar-refractivity contribution in [3.8, 4) is 0 Å². The molecule has 0 spiro atoms. The van der Waals surface area contributed by atoms with E-state index < -0.39 is 6.08 Å². The lowest BCUT2D eigenvalue weighted by Crippen LogP contribution is -2.13. The Kier molecular flexibility index (Phi) is 3.68. The number of halogens is 1. The molecule has 6 nitrogen and oxygen atoms in total. The van der Waals surface area contributed by atoms with Crippen molar-refractivity contribution in [2.24, 2.45) is 0 Å². The highest BCUT2D eigenvalue weighted by atomic mass is 19.1. The van der Waals surface area contributed by atoms with Crippen LogP contribution in [0.1, 0.15) is 30.9 Å². The summed E-state index contributed by atoms with van der Waals surface area (Å²) < 4.78 is 15.5. The Balaban J connectivity index is 1.69. The summed E-state index contributed by atoms with van der Waals surface area (Å²) in [6, 6.07) is 9.45. The molecule has 1 aliphatic rings. The molecule has 1 aromatic carbocycles. The van der Waals surface area contributed by atoms with Gasteiger partial charge in [0.1, 0.15) is 0 Å². The molecule has 0 amide bonds. The van der Waals surface area contributed by atoms with Gasteiger partial charge in [-0.25, -0.2) is 4.98 Å². The summed E-state index contributed by atoms with van der Waals surface area (Å²) in [6.07, 6.45) is 2.86. The normalized spacial score (nSPS) is 17.5. The number of imidazole rings is 1. The highest BCUT2D eigenvalue weighted by Crippen LogP contribution is 2.30. The van der Waals surface area contributed by atoms with E-state index in [1.54, 1.807) is 10.9 Å². The van der Waals surface area contributed by atoms with Crippen molar-refractivity contribution in [2.45, 2.75) is 31.8 Å². The Hall–Kier alpha value is -2.83. The maximum atomic E-state index is 13.9. The maximum absolute atomic E-state index is 13.9. The van der Waals surface area contributed by atoms with E-state index in [-0.39, 0.29) is 11.8 Å². The lowest BCUT2D eigenvalue weighted by atomic mass is 10.2. The van der Waals surface area contributed by atoms with E-state index in [4.69, 9.17) is 0 Å². The van der Waals surface area contributed by atoms with Crippen LogP contribution in [0.2, 0.25) is 0 Å². The number of Topliss-reactive ketones (excluding diaryl/α,β-unsaturated/α-hetero) is 1. The summed E-state index contributed by atoms with van der Waals surface area (Å²) in [6.45, 7) is 0.502. The number of carbonyl (C=O) groups is 1. The molecule has 24 heavy (non-hydrogen) atoms. The molecular weight excluding hydrogens is 309 g/mol. The molecule has 4 rings (SSSR count). The molecule has 122 valence electrons. The highest BCUT2D eigenvalue weighted by molar-refractivity contribution is 5.88. The van der Waals surface area contributed by atoms with Gasteiger partial charge in [0.25, 0.3) is 0 Å². The summed E-state index contributed by atoms with van der Waals surface area (Å²) in [7, 11) is 0. The van der Waals surface area contributed by atoms with Crippen LogP contribution in [0, 0.1) is 6.08 Å². The predicted octanol–water partition coefficient (Wildman–Crippen LogP) is 2.87. The second-order valence-electron chi connectivity index (χ2n) is 5.88. The van der Waals surface area contributed by atoms with Crippen molar-refractivity contribution < 1.29 is 9.18 Å². The number of ketones is 1. The molecule has 0 saturated heterocycles. The van der Waals surface area contributed by atoms with Crippen LogP contribution in [0.25, 0.3) is 11.2 Å². The maximum Gasteiger partial charge on any atom is 0.312 e. The van der Waals surface area contributed by atoms with Crippen molar-refractivity contribution >= 4 is 22.8 Å². The third-order valence-corrected chi connectivity index (χ3v) is 4.31. The SMILES string of the molecule is O=C1CCCC1n1cnc2c(NCc3ccccc3)nc(F)nc21. The molecule has 2 aromatic heterocycles. The van der Waals surface area contributed by atoms with Crippen molar-refractivity contribution in [3.63, 3.8) is 0 Å². The van der Waals surface area contributed by atoms with Crippen LogP contribution in [-0.2, 0) is 11.3 Å². The molecule has 1 fully saturated rings. The van der Waals surface area contributed by atoms with Gasteiger partial charge in [-0.3, -0.25) is 4.79 Å². The zero-order chi connectivity index (χ0) is 16.5. The fraction of sp³-hybridized carbons (Fsp3) is 0.294. The largest absolute Gasteiger partial charge is 0.364 e. The smallest absolute Gasteiger partial charge is 0.312 e. The Morgan fingerprint density at radius 2 is 2.08 bits per heavy atom. The first kappa shape index (κ1) is 14.7. The van der Waals surface area contributed by atoms with Gasteiger partial charge in [0.2, 0.25) is 0 Å². The van der Waals surface area contributed by atoms with Gasteiger partial charge < -0.3 is 9.88 Å². The van der Waals surface area contributed by atoms with Crippen molar-refractivity contribution in [3.05, 3.63) is 48.3 Å². The van der Waals surface area contributed by atoms with Gasteiger partial charge >= 0.3 is 6.08 Å². The van der Waals surface area contributed by atoms with E-state index in [1.165, 1.54) is 0 Å². The summed E-state index contributed by atoms with van der Waals surface area (Å²) >= 11 is 0. The summed E-state index contributed by atoms with van der Waals surface area (Å²) in [5.41, 5.74) is 1.89. The van der Waals surface area contributed by atoms with Crippen molar-refractivity contribution in [1.29, 1.82) is 0 Å². The molecule has 0 aliphatic heterocycles. The van der Waals surface area contributed by atoms with Crippen LogP contribution in [0.4, 0.5) is 10.2 Å². The lowest BCUT2D eigenvalue weighted by Gasteiger charge is -2.11. The fourth-order valence-electron chi connectivity index (χ4n) is 3.11. The van der Waals surface area contributed by atoms with Crippen LogP contribution in [0.5, 0.6) is 0 Å². The number of anilines is 1. The molecule has 1 aliphatic carbocycles. The number of hydrogen-bond donors (Lipinski definition) is 1. The molecule has 3 aromatic rings. The van der Waals surface area contributed by atoms with Gasteiger partial charge in [-0.15, -0.1) is 0 Å². The van der Waals surface area contributed by atoms with Gasteiger partial charge in [-0.1, -0.05) is 30.3 Å². The summed E-state index contributed by atoms with van der Waals surface area (Å²) in [4.78, 5) is 24.0. The predicted molar refractivity (Wildman–Crippen MR) is 86.9 cm³/mol. The Morgan fingerprint density at radius 3 is 2.83 bits per heavy atom. The van der Waals surface area contributed by atoms with Crippen LogP contribution in [0.3, 0.4) is 0 Å². The minimum absolute atomic E-state index is 0.145. The van der Waals surface area contributed by atoms with E-state index in [2.05, 4.69) is 20.3 Å². The van der Waals surface area contributed by atoms with E-state index in [9.17, 15) is 9.18 Å². The fourth-order valence-corrected chi connectivity index (χ4v) is 3.11. The Morgan fingerprint density at radius 1 is 1.25 bits per heavy atom. The molecule has 0 bridgehead atoms. The number of nitrogens with zero attached hydrogens (tertiary/aromatic N) is 4. The molecule has 2 heterocycles. The Labute approximate surface area is 137 Å². The van der Waals surface area contributed by atoms with Gasteiger partial charge in [0, 0.05) is 13.0 Å². The minimum Gasteiger partial charge on any atom is -0.364 e. The third-order valence-electron chi connectivity index (χ3n) is 4.31. The van der Waals surface area contributed by atoms with Crippen LogP contribution < -0.4 is 5.32 Å². The van der Waals surface area contributed by atoms with Gasteiger partial charge in [-0.2, -0.15) is 14.4 Å². The molecule has 1 unspecified atom stereocenters. The zero-order valence-corrected chi connectivity index (χ0v) is 12.9. The number of rotatable bonds is 4. The van der Waals surface area contributed by atoms with Crippen molar-refractivity contribution in [2.75, 3.05) is 5.32 Å². The number of fused-ring (bicyclic) bond motifs is 1. The summed E-state index contributed by atoms with van der Waals surface area (Å²) in [5, 5.41) is 3.11. The van der Waals surface area contributed by atoms with Gasteiger partial charge in [-0.05, 0) is 18.4 Å². The van der Waals surface area contributed by atoms with Crippen LogP contribution in [0.15, 0.2) is 36.7 Å². The van der Waals surface area contributed by atoms with Crippen molar-refractivity contribution in [1.82, 2.24) is 19.5 Å². The standard InChI is InChI=1S/C17H16FN5O/c18-17-21-15(19-9-11-5-2-1-3-6-11)14-16(22-17)23(10-20-14)12-7-4-8-13(12)24/h1-3,5-6,10,12H,4,7-9H2,(H,19,21,22). The number of carbonyl (C=O) groups excluding carboxylic acids is 1. The number of hydrogen-bond acceptors (Lipinski definition) is 5. The topological polar surface area (TPSA) is 72.7 Å². The van der Waals surface area contributed by atoms with Crippen LogP contribution in [-0.4, -0.2) is 25.3 Å². The van der Waals surface area contributed by atoms with E-state index in [0.29, 0.717) is 29.9 Å². The quantitative estimate of drug-likeness (QED) is 0.747. The van der Waals surface area contributed by atoms with Gasteiger partial charge in [0.05, 0.1) is 12.4 Å². The lowest BCUT2D eigenvalue weighted by molar-refractivity contribution is -0.120. The molecule has 7 heteroatoms. The molecule has 1 saturated carbocycles. The molecule has 1 atom stereocenters. The number of nitrogens with one attached hydrogen (secondary N) is 1. The van der Waals surface area contributed by atoms with E-state index in [0.717, 1.165) is 18.4 Å². The first-order valence-electron chi connectivity index (χ1n) is 7.93. The molecular formula is C17H16FN5O. The average molecular weight is 325 g/mol. The summed E-state index contributed by atoms with van der Waals surface area (Å²) in [5.74, 6) is 0.484. The first-order chi connectivity index (χ1) is 11.7. The minimum atomic E-state index is -0.828. The zero-order valence-electron chi connectivity index (χ0n) is 12.9. The second-order valence-corrected chi connectivity index (χ2v) is 5.88. The van der Waals surface area contributed by atoms with Crippen LogP contribution >= 0.6 is 0 Å². The molecule has 0 radical (unpaired) electrons. The number of benzene rings is 1. The number of aromatic nitrogens is 4. The van der Waals surface area contributed by atoms with Gasteiger partial charge in [0.15, 0.2) is 22.8 Å². The second kappa shape index (κ2) is 5.99. The van der Waals surface area contributed by atoms with E-state index in [1.807, 2.05) is 30.3 Å². The monoisotopic (exact) mass is 325 g/mol. The molecule has 1 N–H and O–H groups in total. The van der Waals surface area contributed by atoms with E-state index >= 15 is 0 Å². The average Bonchev–Trinajstić information content (AvgIpc) is 3.19. The first-order valence-corrected chi connectivity index (χ1v) is 7.93.